The Labute approximate surface area is 101 Å². The minimum Gasteiger partial charge on any atom is -0.496 e. The summed E-state index contributed by atoms with van der Waals surface area (Å²) in [5.41, 5.74) is 0.838. The highest BCUT2D eigenvalue weighted by molar-refractivity contribution is 5.88. The summed E-state index contributed by atoms with van der Waals surface area (Å²) in [6.07, 6.45) is 1.66. The van der Waals surface area contributed by atoms with E-state index in [-0.39, 0.29) is 0 Å². The zero-order valence-corrected chi connectivity index (χ0v) is 9.89. The zero-order chi connectivity index (χ0) is 12.3. The van der Waals surface area contributed by atoms with Crippen LogP contribution >= 0.6 is 0 Å². The second kappa shape index (κ2) is 5.02. The van der Waals surface area contributed by atoms with Crippen molar-refractivity contribution in [3.63, 3.8) is 0 Å². The number of fused-ring (bicyclic) bond motifs is 1. The lowest BCUT2D eigenvalue weighted by molar-refractivity contribution is 0.179. The molecular weight excluding hydrogens is 212 g/mol. The van der Waals surface area contributed by atoms with Crippen molar-refractivity contribution in [1.29, 1.82) is 0 Å². The van der Waals surface area contributed by atoms with Crippen LogP contribution in [0.3, 0.4) is 0 Å². The molecule has 17 heavy (non-hydrogen) atoms. The van der Waals surface area contributed by atoms with Gasteiger partial charge in [0.05, 0.1) is 13.2 Å². The van der Waals surface area contributed by atoms with Crippen molar-refractivity contribution < 1.29 is 9.84 Å². The SMILES string of the molecule is C=CCC(O)c1c(OC)ccc2ccccc12. The van der Waals surface area contributed by atoms with Crippen LogP contribution in [0.5, 0.6) is 5.75 Å². The molecule has 2 nitrogen and oxygen atoms in total. The van der Waals surface area contributed by atoms with E-state index in [1.807, 2.05) is 36.4 Å². The summed E-state index contributed by atoms with van der Waals surface area (Å²) in [4.78, 5) is 0. The van der Waals surface area contributed by atoms with Crippen molar-refractivity contribution in [3.05, 3.63) is 54.6 Å². The number of benzene rings is 2. The fourth-order valence-corrected chi connectivity index (χ4v) is 2.07. The summed E-state index contributed by atoms with van der Waals surface area (Å²) < 4.78 is 5.33. The second-order valence-electron chi connectivity index (χ2n) is 3.94. The van der Waals surface area contributed by atoms with Crippen molar-refractivity contribution in [2.75, 3.05) is 7.11 Å². The molecule has 1 atom stereocenters. The fourth-order valence-electron chi connectivity index (χ4n) is 2.07. The van der Waals surface area contributed by atoms with Gasteiger partial charge in [-0.2, -0.15) is 0 Å². The first-order chi connectivity index (χ1) is 8.27. The monoisotopic (exact) mass is 228 g/mol. The number of methoxy groups -OCH3 is 1. The number of hydrogen-bond donors (Lipinski definition) is 1. The molecule has 0 aliphatic heterocycles. The molecule has 2 aromatic rings. The van der Waals surface area contributed by atoms with Gasteiger partial charge in [-0.1, -0.05) is 36.4 Å². The average Bonchev–Trinajstić information content (AvgIpc) is 2.37. The van der Waals surface area contributed by atoms with E-state index in [0.29, 0.717) is 6.42 Å². The van der Waals surface area contributed by atoms with Crippen LogP contribution in [0.2, 0.25) is 0 Å². The van der Waals surface area contributed by atoms with Crippen LogP contribution in [0.1, 0.15) is 18.1 Å². The van der Waals surface area contributed by atoms with Gasteiger partial charge in [-0.15, -0.1) is 6.58 Å². The average molecular weight is 228 g/mol. The molecule has 2 rings (SSSR count). The fraction of sp³-hybridized carbons (Fsp3) is 0.200. The van der Waals surface area contributed by atoms with Crippen LogP contribution < -0.4 is 4.74 Å². The van der Waals surface area contributed by atoms with Gasteiger partial charge in [-0.05, 0) is 23.3 Å². The van der Waals surface area contributed by atoms with Gasteiger partial charge in [0.2, 0.25) is 0 Å². The minimum atomic E-state index is -0.575. The molecule has 0 fully saturated rings. The molecule has 2 aromatic carbocycles. The normalized spacial score (nSPS) is 12.4. The van der Waals surface area contributed by atoms with Crippen LogP contribution in [0.25, 0.3) is 10.8 Å². The Hall–Kier alpha value is -1.80. The van der Waals surface area contributed by atoms with E-state index < -0.39 is 6.10 Å². The Balaban J connectivity index is 2.66. The number of aliphatic hydroxyl groups is 1. The molecule has 0 heterocycles. The quantitative estimate of drug-likeness (QED) is 0.812. The van der Waals surface area contributed by atoms with E-state index in [0.717, 1.165) is 22.1 Å². The van der Waals surface area contributed by atoms with Crippen molar-refractivity contribution in [2.45, 2.75) is 12.5 Å². The van der Waals surface area contributed by atoms with Crippen molar-refractivity contribution >= 4 is 10.8 Å². The molecule has 0 aromatic heterocycles. The third-order valence-electron chi connectivity index (χ3n) is 2.87. The molecule has 1 N–H and O–H groups in total. The van der Waals surface area contributed by atoms with E-state index in [1.165, 1.54) is 0 Å². The molecule has 0 aliphatic rings. The predicted molar refractivity (Wildman–Crippen MR) is 70.3 cm³/mol. The number of rotatable bonds is 4. The van der Waals surface area contributed by atoms with E-state index in [4.69, 9.17) is 4.74 Å². The Kier molecular flexibility index (Phi) is 3.45. The summed E-state index contributed by atoms with van der Waals surface area (Å²) in [7, 11) is 1.62. The molecule has 2 heteroatoms. The molecule has 0 saturated carbocycles. The molecule has 88 valence electrons. The molecule has 1 unspecified atom stereocenters. The first kappa shape index (κ1) is 11.7. The van der Waals surface area contributed by atoms with Gasteiger partial charge in [-0.3, -0.25) is 0 Å². The summed E-state index contributed by atoms with van der Waals surface area (Å²) in [5.74, 6) is 0.720. The van der Waals surface area contributed by atoms with Crippen LogP contribution in [-0.2, 0) is 0 Å². The van der Waals surface area contributed by atoms with E-state index >= 15 is 0 Å². The van der Waals surface area contributed by atoms with Gasteiger partial charge < -0.3 is 9.84 Å². The number of aliphatic hydroxyl groups excluding tert-OH is 1. The number of ether oxygens (including phenoxy) is 1. The van der Waals surface area contributed by atoms with E-state index in [1.54, 1.807) is 13.2 Å². The summed E-state index contributed by atoms with van der Waals surface area (Å²) in [6.45, 7) is 3.66. The molecule has 0 spiro atoms. The molecular formula is C15H16O2. The largest absolute Gasteiger partial charge is 0.496 e. The Morgan fingerprint density at radius 1 is 1.29 bits per heavy atom. The molecule has 0 radical (unpaired) electrons. The maximum absolute atomic E-state index is 10.2. The summed E-state index contributed by atoms with van der Waals surface area (Å²) in [6, 6.07) is 11.9. The lowest BCUT2D eigenvalue weighted by atomic mass is 9.97. The zero-order valence-electron chi connectivity index (χ0n) is 9.89. The highest BCUT2D eigenvalue weighted by Crippen LogP contribution is 2.34. The lowest BCUT2D eigenvalue weighted by Crippen LogP contribution is -2.00. The first-order valence-electron chi connectivity index (χ1n) is 5.62. The Morgan fingerprint density at radius 3 is 2.76 bits per heavy atom. The van der Waals surface area contributed by atoms with Gasteiger partial charge in [0, 0.05) is 5.56 Å². The third kappa shape index (κ3) is 2.17. The van der Waals surface area contributed by atoms with Gasteiger partial charge in [0.15, 0.2) is 0 Å². The van der Waals surface area contributed by atoms with Gasteiger partial charge >= 0.3 is 0 Å². The van der Waals surface area contributed by atoms with Crippen LogP contribution in [0.4, 0.5) is 0 Å². The van der Waals surface area contributed by atoms with Gasteiger partial charge in [0.1, 0.15) is 5.75 Å². The number of hydrogen-bond acceptors (Lipinski definition) is 2. The summed E-state index contributed by atoms with van der Waals surface area (Å²) >= 11 is 0. The van der Waals surface area contributed by atoms with Crippen molar-refractivity contribution in [2.24, 2.45) is 0 Å². The molecule has 0 aliphatic carbocycles. The third-order valence-corrected chi connectivity index (χ3v) is 2.87. The Bertz CT molecular complexity index is 531. The van der Waals surface area contributed by atoms with Gasteiger partial charge in [-0.25, -0.2) is 0 Å². The highest BCUT2D eigenvalue weighted by atomic mass is 16.5. The van der Waals surface area contributed by atoms with Gasteiger partial charge in [0.25, 0.3) is 0 Å². The predicted octanol–water partition coefficient (Wildman–Crippen LogP) is 3.46. The topological polar surface area (TPSA) is 29.5 Å². The smallest absolute Gasteiger partial charge is 0.125 e. The van der Waals surface area contributed by atoms with E-state index in [2.05, 4.69) is 6.58 Å². The minimum absolute atomic E-state index is 0.518. The van der Waals surface area contributed by atoms with E-state index in [9.17, 15) is 5.11 Å². The lowest BCUT2D eigenvalue weighted by Gasteiger charge is -2.16. The molecule has 0 bridgehead atoms. The standard InChI is InChI=1S/C15H16O2/c1-3-6-13(16)15-12-8-5-4-7-11(12)9-10-14(15)17-2/h3-5,7-10,13,16H,1,6H2,2H3. The highest BCUT2D eigenvalue weighted by Gasteiger charge is 2.15. The first-order valence-corrected chi connectivity index (χ1v) is 5.62. The molecule has 0 saturated heterocycles. The van der Waals surface area contributed by atoms with Crippen LogP contribution in [-0.4, -0.2) is 12.2 Å². The second-order valence-corrected chi connectivity index (χ2v) is 3.94. The molecule has 0 amide bonds. The van der Waals surface area contributed by atoms with Crippen molar-refractivity contribution in [1.82, 2.24) is 0 Å². The Morgan fingerprint density at radius 2 is 2.06 bits per heavy atom. The maximum atomic E-state index is 10.2. The van der Waals surface area contributed by atoms with Crippen LogP contribution in [0.15, 0.2) is 49.1 Å². The van der Waals surface area contributed by atoms with Crippen molar-refractivity contribution in [3.8, 4) is 5.75 Å². The maximum Gasteiger partial charge on any atom is 0.125 e. The van der Waals surface area contributed by atoms with Crippen LogP contribution in [0, 0.1) is 0 Å². The summed E-state index contributed by atoms with van der Waals surface area (Å²) in [5, 5.41) is 12.3.